The SMILES string of the molecule is CCCc1nc(N)c(C)c(N(C)C2CCCC2)n1. The highest BCUT2D eigenvalue weighted by Gasteiger charge is 2.23. The van der Waals surface area contributed by atoms with Gasteiger partial charge in [0.05, 0.1) is 0 Å². The Balaban J connectivity index is 2.29. The van der Waals surface area contributed by atoms with E-state index in [4.69, 9.17) is 10.7 Å². The van der Waals surface area contributed by atoms with E-state index in [1.54, 1.807) is 0 Å². The van der Waals surface area contributed by atoms with Crippen LogP contribution in [-0.2, 0) is 6.42 Å². The third-order valence-corrected chi connectivity index (χ3v) is 3.88. The van der Waals surface area contributed by atoms with Gasteiger partial charge in [0.15, 0.2) is 0 Å². The Morgan fingerprint density at radius 3 is 2.56 bits per heavy atom. The summed E-state index contributed by atoms with van der Waals surface area (Å²) in [5, 5.41) is 0. The summed E-state index contributed by atoms with van der Waals surface area (Å²) < 4.78 is 0. The highest BCUT2D eigenvalue weighted by atomic mass is 15.2. The maximum absolute atomic E-state index is 6.01. The molecule has 0 spiro atoms. The van der Waals surface area contributed by atoms with Crippen molar-refractivity contribution in [1.29, 1.82) is 0 Å². The molecule has 0 aromatic carbocycles. The highest BCUT2D eigenvalue weighted by Crippen LogP contribution is 2.29. The molecule has 2 N–H and O–H groups in total. The minimum absolute atomic E-state index is 0.618. The van der Waals surface area contributed by atoms with E-state index >= 15 is 0 Å². The van der Waals surface area contributed by atoms with Gasteiger partial charge in [-0.3, -0.25) is 0 Å². The van der Waals surface area contributed by atoms with E-state index in [1.807, 2.05) is 6.92 Å². The summed E-state index contributed by atoms with van der Waals surface area (Å²) in [6.07, 6.45) is 7.14. The molecule has 4 nitrogen and oxygen atoms in total. The van der Waals surface area contributed by atoms with E-state index in [1.165, 1.54) is 25.7 Å². The molecule has 0 radical (unpaired) electrons. The molecule has 1 fully saturated rings. The maximum atomic E-state index is 6.01. The number of rotatable bonds is 4. The van der Waals surface area contributed by atoms with Crippen molar-refractivity contribution in [2.45, 2.75) is 58.4 Å². The first kappa shape index (κ1) is 13.1. The molecule has 0 saturated heterocycles. The van der Waals surface area contributed by atoms with Gasteiger partial charge < -0.3 is 10.6 Å². The van der Waals surface area contributed by atoms with Crippen LogP contribution in [0.1, 0.15) is 50.4 Å². The lowest BCUT2D eigenvalue weighted by Gasteiger charge is -2.27. The van der Waals surface area contributed by atoms with Gasteiger partial charge in [-0.1, -0.05) is 19.8 Å². The van der Waals surface area contributed by atoms with Crippen LogP contribution < -0.4 is 10.6 Å². The molecular formula is C14H24N4. The fourth-order valence-electron chi connectivity index (χ4n) is 2.71. The molecule has 0 amide bonds. The van der Waals surface area contributed by atoms with Crippen LogP contribution in [0.2, 0.25) is 0 Å². The van der Waals surface area contributed by atoms with Gasteiger partial charge in [-0.05, 0) is 26.2 Å². The molecule has 4 heteroatoms. The van der Waals surface area contributed by atoms with Gasteiger partial charge in [0.2, 0.25) is 0 Å². The standard InChI is InChI=1S/C14H24N4/c1-4-7-12-16-13(15)10(2)14(17-12)18(3)11-8-5-6-9-11/h11H,4-9H2,1-3H3,(H2,15,16,17). The zero-order chi connectivity index (χ0) is 13.1. The number of nitrogen functional groups attached to an aromatic ring is 1. The topological polar surface area (TPSA) is 55.0 Å². The predicted octanol–water partition coefficient (Wildman–Crippen LogP) is 2.70. The van der Waals surface area contributed by atoms with Crippen molar-refractivity contribution in [3.05, 3.63) is 11.4 Å². The van der Waals surface area contributed by atoms with Crippen molar-refractivity contribution < 1.29 is 0 Å². The average Bonchev–Trinajstić information content (AvgIpc) is 2.86. The largest absolute Gasteiger partial charge is 0.383 e. The predicted molar refractivity (Wildman–Crippen MR) is 75.8 cm³/mol. The molecule has 18 heavy (non-hydrogen) atoms. The van der Waals surface area contributed by atoms with E-state index in [-0.39, 0.29) is 0 Å². The van der Waals surface area contributed by atoms with Gasteiger partial charge in [-0.15, -0.1) is 0 Å². The normalized spacial score (nSPS) is 16.2. The molecule has 1 saturated carbocycles. The second-order valence-electron chi connectivity index (χ2n) is 5.27. The Labute approximate surface area is 110 Å². The monoisotopic (exact) mass is 248 g/mol. The molecule has 1 aliphatic rings. The smallest absolute Gasteiger partial charge is 0.137 e. The number of hydrogen-bond donors (Lipinski definition) is 1. The van der Waals surface area contributed by atoms with Crippen molar-refractivity contribution >= 4 is 11.6 Å². The Bertz CT molecular complexity index is 411. The lowest BCUT2D eigenvalue weighted by atomic mass is 10.2. The molecule has 2 rings (SSSR count). The van der Waals surface area contributed by atoms with Gasteiger partial charge in [-0.25, -0.2) is 9.97 Å². The number of nitrogens with zero attached hydrogens (tertiary/aromatic N) is 3. The van der Waals surface area contributed by atoms with E-state index in [9.17, 15) is 0 Å². The first-order valence-electron chi connectivity index (χ1n) is 6.99. The van der Waals surface area contributed by atoms with Crippen LogP contribution in [0.15, 0.2) is 0 Å². The van der Waals surface area contributed by atoms with Crippen molar-refractivity contribution in [3.63, 3.8) is 0 Å². The first-order valence-corrected chi connectivity index (χ1v) is 6.99. The van der Waals surface area contributed by atoms with Crippen LogP contribution in [0.4, 0.5) is 11.6 Å². The average molecular weight is 248 g/mol. The molecule has 0 atom stereocenters. The Hall–Kier alpha value is -1.32. The van der Waals surface area contributed by atoms with Crippen molar-refractivity contribution in [2.75, 3.05) is 17.7 Å². The third-order valence-electron chi connectivity index (χ3n) is 3.88. The highest BCUT2D eigenvalue weighted by molar-refractivity contribution is 5.56. The lowest BCUT2D eigenvalue weighted by molar-refractivity contribution is 0.641. The van der Waals surface area contributed by atoms with Gasteiger partial charge in [-0.2, -0.15) is 0 Å². The zero-order valence-corrected chi connectivity index (χ0v) is 11.7. The summed E-state index contributed by atoms with van der Waals surface area (Å²) in [5.41, 5.74) is 7.03. The fraction of sp³-hybridized carbons (Fsp3) is 0.714. The molecular weight excluding hydrogens is 224 g/mol. The van der Waals surface area contributed by atoms with E-state index in [0.717, 1.165) is 30.0 Å². The van der Waals surface area contributed by atoms with Gasteiger partial charge >= 0.3 is 0 Å². The van der Waals surface area contributed by atoms with E-state index in [0.29, 0.717) is 11.9 Å². The molecule has 0 bridgehead atoms. The number of anilines is 2. The van der Waals surface area contributed by atoms with Gasteiger partial charge in [0.1, 0.15) is 17.5 Å². The number of aromatic nitrogens is 2. The second kappa shape index (κ2) is 5.55. The van der Waals surface area contributed by atoms with Crippen molar-refractivity contribution in [3.8, 4) is 0 Å². The van der Waals surface area contributed by atoms with Crippen LogP contribution in [0, 0.1) is 6.92 Å². The Kier molecular flexibility index (Phi) is 4.04. The fourth-order valence-corrected chi connectivity index (χ4v) is 2.71. The molecule has 0 aliphatic heterocycles. The molecule has 0 unspecified atom stereocenters. The van der Waals surface area contributed by atoms with E-state index < -0.39 is 0 Å². The van der Waals surface area contributed by atoms with E-state index in [2.05, 4.69) is 23.9 Å². The quantitative estimate of drug-likeness (QED) is 0.890. The number of aryl methyl sites for hydroxylation is 1. The van der Waals surface area contributed by atoms with Crippen LogP contribution in [-0.4, -0.2) is 23.1 Å². The summed E-state index contributed by atoms with van der Waals surface area (Å²) in [6.45, 7) is 4.16. The lowest BCUT2D eigenvalue weighted by Crippen LogP contribution is -2.31. The van der Waals surface area contributed by atoms with Crippen LogP contribution in [0.25, 0.3) is 0 Å². The molecule has 1 aliphatic carbocycles. The first-order chi connectivity index (χ1) is 8.63. The van der Waals surface area contributed by atoms with Crippen molar-refractivity contribution in [1.82, 2.24) is 9.97 Å². The molecule has 100 valence electrons. The second-order valence-corrected chi connectivity index (χ2v) is 5.27. The van der Waals surface area contributed by atoms with Gasteiger partial charge in [0.25, 0.3) is 0 Å². The minimum atomic E-state index is 0.618. The number of hydrogen-bond acceptors (Lipinski definition) is 4. The van der Waals surface area contributed by atoms with Crippen LogP contribution in [0.5, 0.6) is 0 Å². The maximum Gasteiger partial charge on any atom is 0.137 e. The molecule has 1 heterocycles. The summed E-state index contributed by atoms with van der Waals surface area (Å²) >= 11 is 0. The van der Waals surface area contributed by atoms with Crippen molar-refractivity contribution in [2.24, 2.45) is 0 Å². The molecule has 1 aromatic heterocycles. The summed E-state index contributed by atoms with van der Waals surface area (Å²) in [5.74, 6) is 2.53. The minimum Gasteiger partial charge on any atom is -0.383 e. The third kappa shape index (κ3) is 2.57. The summed E-state index contributed by atoms with van der Waals surface area (Å²) in [6, 6.07) is 0.618. The Morgan fingerprint density at radius 1 is 1.28 bits per heavy atom. The number of nitrogens with two attached hydrogens (primary N) is 1. The Morgan fingerprint density at radius 2 is 1.94 bits per heavy atom. The van der Waals surface area contributed by atoms with Crippen LogP contribution >= 0.6 is 0 Å². The zero-order valence-electron chi connectivity index (χ0n) is 11.7. The molecule has 1 aromatic rings. The summed E-state index contributed by atoms with van der Waals surface area (Å²) in [7, 11) is 2.14. The van der Waals surface area contributed by atoms with Gasteiger partial charge in [0, 0.05) is 25.1 Å². The summed E-state index contributed by atoms with van der Waals surface area (Å²) in [4.78, 5) is 11.4. The van der Waals surface area contributed by atoms with Crippen LogP contribution in [0.3, 0.4) is 0 Å².